The van der Waals surface area contributed by atoms with Crippen LogP contribution in [0, 0.1) is 11.8 Å². The summed E-state index contributed by atoms with van der Waals surface area (Å²) in [6.07, 6.45) is 1.52. The highest BCUT2D eigenvalue weighted by atomic mass is 16.2. The molecule has 0 aromatic heterocycles. The van der Waals surface area contributed by atoms with Gasteiger partial charge in [-0.25, -0.2) is 0 Å². The molecule has 0 saturated carbocycles. The highest BCUT2D eigenvalue weighted by Gasteiger charge is 2.33. The molecule has 0 spiro atoms. The highest BCUT2D eigenvalue weighted by molar-refractivity contribution is 5.97. The van der Waals surface area contributed by atoms with E-state index in [0.29, 0.717) is 12.1 Å². The van der Waals surface area contributed by atoms with Crippen LogP contribution in [0.1, 0.15) is 62.4 Å². The molecule has 2 amide bonds. The van der Waals surface area contributed by atoms with Crippen LogP contribution in [-0.2, 0) is 9.59 Å². The van der Waals surface area contributed by atoms with E-state index in [1.54, 1.807) is 17.0 Å². The third kappa shape index (κ3) is 4.27. The van der Waals surface area contributed by atoms with Crippen molar-refractivity contribution in [2.24, 2.45) is 17.6 Å². The molecule has 0 bridgehead atoms. The fourth-order valence-electron chi connectivity index (χ4n) is 3.31. The molecular weight excluding hydrogens is 316 g/mol. The van der Waals surface area contributed by atoms with Crippen molar-refractivity contribution in [1.82, 2.24) is 4.90 Å². The van der Waals surface area contributed by atoms with Gasteiger partial charge in [-0.2, -0.15) is 0 Å². The number of nitrogens with zero attached hydrogens (tertiary/aromatic N) is 1. The molecule has 2 rings (SSSR count). The molecule has 2 N–H and O–H groups in total. The van der Waals surface area contributed by atoms with Gasteiger partial charge in [-0.05, 0) is 32.3 Å². The van der Waals surface area contributed by atoms with Crippen molar-refractivity contribution >= 4 is 17.6 Å². The van der Waals surface area contributed by atoms with Gasteiger partial charge in [0, 0.05) is 24.1 Å². The molecule has 1 saturated heterocycles. The van der Waals surface area contributed by atoms with Gasteiger partial charge < -0.3 is 10.6 Å². The first kappa shape index (κ1) is 19.2. The number of hydrogen-bond donors (Lipinski definition) is 1. The largest absolute Gasteiger partial charge is 0.369 e. The summed E-state index contributed by atoms with van der Waals surface area (Å²) in [5.74, 6) is -0.879. The average molecular weight is 344 g/mol. The third-order valence-electron chi connectivity index (χ3n) is 5.16. The van der Waals surface area contributed by atoms with Crippen LogP contribution in [0.2, 0.25) is 0 Å². The van der Waals surface area contributed by atoms with Crippen molar-refractivity contribution in [2.75, 3.05) is 6.54 Å². The number of ketones is 1. The van der Waals surface area contributed by atoms with Gasteiger partial charge in [-0.1, -0.05) is 38.1 Å². The summed E-state index contributed by atoms with van der Waals surface area (Å²) in [5.41, 5.74) is 6.96. The molecule has 1 aliphatic rings. The number of rotatable bonds is 5. The molecule has 1 aromatic rings. The van der Waals surface area contributed by atoms with E-state index >= 15 is 0 Å². The molecule has 0 unspecified atom stereocenters. The van der Waals surface area contributed by atoms with Crippen molar-refractivity contribution in [3.8, 4) is 0 Å². The Bertz CT molecular complexity index is 651. The zero-order chi connectivity index (χ0) is 18.7. The molecule has 1 aromatic carbocycles. The van der Waals surface area contributed by atoms with Crippen molar-refractivity contribution in [1.29, 1.82) is 0 Å². The topological polar surface area (TPSA) is 80.5 Å². The first-order valence-corrected chi connectivity index (χ1v) is 8.96. The number of amides is 2. The number of carbonyl (C=O) groups is 3. The number of Topliss-reactive ketones (excluding diaryl/α,β-unsaturated/α-hetero) is 1. The number of hydrogen-bond acceptors (Lipinski definition) is 3. The summed E-state index contributed by atoms with van der Waals surface area (Å²) in [7, 11) is 0. The van der Waals surface area contributed by atoms with E-state index in [2.05, 4.69) is 0 Å². The van der Waals surface area contributed by atoms with Crippen LogP contribution in [0.5, 0.6) is 0 Å². The molecule has 1 heterocycles. The maximum Gasteiger partial charge on any atom is 0.230 e. The van der Waals surface area contributed by atoms with Gasteiger partial charge in [-0.15, -0.1) is 0 Å². The van der Waals surface area contributed by atoms with E-state index in [-0.39, 0.29) is 41.4 Å². The summed E-state index contributed by atoms with van der Waals surface area (Å²) < 4.78 is 0. The Hall–Kier alpha value is -2.17. The Kier molecular flexibility index (Phi) is 5.98. The van der Waals surface area contributed by atoms with E-state index in [1.165, 1.54) is 0 Å². The molecule has 5 heteroatoms. The molecule has 1 aliphatic heterocycles. The first-order valence-electron chi connectivity index (χ1n) is 8.96. The smallest absolute Gasteiger partial charge is 0.230 e. The molecule has 5 nitrogen and oxygen atoms in total. The lowest BCUT2D eigenvalue weighted by Crippen LogP contribution is -2.49. The molecular formula is C20H28N2O3. The minimum absolute atomic E-state index is 0.00128. The molecule has 0 aliphatic carbocycles. The van der Waals surface area contributed by atoms with Crippen LogP contribution in [-0.4, -0.2) is 35.1 Å². The minimum Gasteiger partial charge on any atom is -0.369 e. The SMILES string of the molecule is CC(C)C(=O)c1ccc([C@H](C)C(=O)N2C[C@@H](C(N)=O)CC[C@H]2C)cc1. The number of likely N-dealkylation sites (tertiary alicyclic amines) is 1. The molecule has 25 heavy (non-hydrogen) atoms. The number of primary amides is 1. The van der Waals surface area contributed by atoms with Crippen LogP contribution in [0.4, 0.5) is 0 Å². The number of carbonyl (C=O) groups excluding carboxylic acids is 3. The number of nitrogens with two attached hydrogens (primary N) is 1. The monoisotopic (exact) mass is 344 g/mol. The van der Waals surface area contributed by atoms with Crippen molar-refractivity contribution < 1.29 is 14.4 Å². The Morgan fingerprint density at radius 3 is 2.20 bits per heavy atom. The molecule has 1 fully saturated rings. The second kappa shape index (κ2) is 7.81. The van der Waals surface area contributed by atoms with E-state index in [0.717, 1.165) is 18.4 Å². The normalized spacial score (nSPS) is 21.9. The summed E-state index contributed by atoms with van der Waals surface area (Å²) >= 11 is 0. The van der Waals surface area contributed by atoms with Gasteiger partial charge in [0.2, 0.25) is 11.8 Å². The van der Waals surface area contributed by atoms with E-state index in [9.17, 15) is 14.4 Å². The van der Waals surface area contributed by atoms with E-state index in [1.807, 2.05) is 39.8 Å². The lowest BCUT2D eigenvalue weighted by Gasteiger charge is -2.38. The van der Waals surface area contributed by atoms with E-state index in [4.69, 9.17) is 5.73 Å². The Morgan fingerprint density at radius 2 is 1.68 bits per heavy atom. The maximum atomic E-state index is 12.9. The third-order valence-corrected chi connectivity index (χ3v) is 5.16. The molecule has 3 atom stereocenters. The number of benzene rings is 1. The highest BCUT2D eigenvalue weighted by Crippen LogP contribution is 2.27. The lowest BCUT2D eigenvalue weighted by atomic mass is 9.90. The predicted molar refractivity (Wildman–Crippen MR) is 97.1 cm³/mol. The fraction of sp³-hybridized carbons (Fsp3) is 0.550. The lowest BCUT2D eigenvalue weighted by molar-refractivity contribution is -0.138. The Balaban J connectivity index is 2.13. The van der Waals surface area contributed by atoms with Crippen molar-refractivity contribution in [3.63, 3.8) is 0 Å². The second-order valence-corrected chi connectivity index (χ2v) is 7.38. The second-order valence-electron chi connectivity index (χ2n) is 7.38. The van der Waals surface area contributed by atoms with Crippen LogP contribution >= 0.6 is 0 Å². The fourth-order valence-corrected chi connectivity index (χ4v) is 3.31. The summed E-state index contributed by atoms with van der Waals surface area (Å²) in [6.45, 7) is 8.00. The first-order chi connectivity index (χ1) is 11.7. The van der Waals surface area contributed by atoms with Crippen LogP contribution < -0.4 is 5.73 Å². The van der Waals surface area contributed by atoms with Gasteiger partial charge >= 0.3 is 0 Å². The van der Waals surface area contributed by atoms with Gasteiger partial charge in [-0.3, -0.25) is 14.4 Å². The summed E-state index contributed by atoms with van der Waals surface area (Å²) in [6, 6.07) is 7.37. The quantitative estimate of drug-likeness (QED) is 0.834. The summed E-state index contributed by atoms with van der Waals surface area (Å²) in [5, 5.41) is 0. The molecule has 0 radical (unpaired) electrons. The van der Waals surface area contributed by atoms with Crippen molar-refractivity contribution in [2.45, 2.75) is 52.5 Å². The van der Waals surface area contributed by atoms with Crippen LogP contribution in [0.3, 0.4) is 0 Å². The van der Waals surface area contributed by atoms with Gasteiger partial charge in [0.05, 0.1) is 11.8 Å². The van der Waals surface area contributed by atoms with E-state index < -0.39 is 0 Å². The van der Waals surface area contributed by atoms with Crippen LogP contribution in [0.25, 0.3) is 0 Å². The zero-order valence-electron chi connectivity index (χ0n) is 15.5. The standard InChI is InChI=1S/C20H28N2O3/c1-12(2)18(23)16-9-7-15(8-10-16)14(4)20(25)22-11-17(19(21)24)6-5-13(22)3/h7-10,12-14,17H,5-6,11H2,1-4H3,(H2,21,24)/t13-,14+,17+/m1/s1. The van der Waals surface area contributed by atoms with Crippen LogP contribution in [0.15, 0.2) is 24.3 Å². The Morgan fingerprint density at radius 1 is 1.08 bits per heavy atom. The van der Waals surface area contributed by atoms with Gasteiger partial charge in [0.25, 0.3) is 0 Å². The minimum atomic E-state index is -0.339. The number of piperidine rings is 1. The predicted octanol–water partition coefficient (Wildman–Crippen LogP) is 2.74. The Labute approximate surface area is 149 Å². The maximum absolute atomic E-state index is 12.9. The van der Waals surface area contributed by atoms with Gasteiger partial charge in [0.1, 0.15) is 0 Å². The van der Waals surface area contributed by atoms with Crippen molar-refractivity contribution in [3.05, 3.63) is 35.4 Å². The molecule has 136 valence electrons. The zero-order valence-corrected chi connectivity index (χ0v) is 15.5. The average Bonchev–Trinajstić information content (AvgIpc) is 2.60. The summed E-state index contributed by atoms with van der Waals surface area (Å²) in [4.78, 5) is 38.2. The van der Waals surface area contributed by atoms with Gasteiger partial charge in [0.15, 0.2) is 5.78 Å².